The fourth-order valence-electron chi connectivity index (χ4n) is 3.77. The number of hydrogen-bond donors (Lipinski definition) is 1. The highest BCUT2D eigenvalue weighted by Crippen LogP contribution is 2.50. The van der Waals surface area contributed by atoms with Gasteiger partial charge >= 0.3 is 6.18 Å². The second-order valence-electron chi connectivity index (χ2n) is 8.46. The van der Waals surface area contributed by atoms with Gasteiger partial charge in [-0.05, 0) is 44.5 Å². The lowest BCUT2D eigenvalue weighted by molar-refractivity contribution is -0.154. The molecule has 1 aromatic heterocycles. The standard InChI is InChI=1S/C23H23F5N4O2S/c1-12-21(3,32-20(29)35-22(12,4)13(2)33)15-7-14(5-6-16(15)24)8-17(25)18-9-31-19(10-30-18)34-11-23(26,27)28/h5-10,12H,11H2,1-4H3,(H2,29,32)/b17-8-/t12-,21-,22-/m0/s1. The molecule has 0 saturated carbocycles. The van der Waals surface area contributed by atoms with Gasteiger partial charge in [0.25, 0.3) is 0 Å². The van der Waals surface area contributed by atoms with E-state index < -0.39 is 46.5 Å². The molecule has 0 radical (unpaired) electrons. The summed E-state index contributed by atoms with van der Waals surface area (Å²) >= 11 is 1.12. The molecule has 2 aromatic rings. The average Bonchev–Trinajstić information content (AvgIpc) is 2.77. The molecule has 0 unspecified atom stereocenters. The molecule has 6 nitrogen and oxygen atoms in total. The molecule has 2 N–H and O–H groups in total. The number of ketones is 1. The van der Waals surface area contributed by atoms with Crippen LogP contribution in [0.1, 0.15) is 44.5 Å². The maximum atomic E-state index is 15.0. The van der Waals surface area contributed by atoms with E-state index in [1.54, 1.807) is 20.8 Å². The zero-order valence-electron chi connectivity index (χ0n) is 19.3. The van der Waals surface area contributed by atoms with Crippen LogP contribution in [0, 0.1) is 11.7 Å². The quantitative estimate of drug-likeness (QED) is 0.528. The molecule has 0 bridgehead atoms. The minimum Gasteiger partial charge on any atom is -0.467 e. The molecule has 3 rings (SSSR count). The molecule has 12 heteroatoms. The zero-order chi connectivity index (χ0) is 26.2. The lowest BCUT2D eigenvalue weighted by Gasteiger charge is -2.46. The van der Waals surface area contributed by atoms with Gasteiger partial charge in [-0.1, -0.05) is 24.8 Å². The Bertz CT molecular complexity index is 1190. The van der Waals surface area contributed by atoms with Crippen molar-refractivity contribution in [2.45, 2.75) is 44.2 Å². The number of nitrogens with zero attached hydrogens (tertiary/aromatic N) is 3. The molecule has 1 aliphatic heterocycles. The van der Waals surface area contributed by atoms with Gasteiger partial charge in [0.05, 0.1) is 22.7 Å². The lowest BCUT2D eigenvalue weighted by Crippen LogP contribution is -2.52. The number of ether oxygens (including phenoxy) is 1. The number of carbonyl (C=O) groups excluding carboxylic acids is 1. The summed E-state index contributed by atoms with van der Waals surface area (Å²) in [4.78, 5) is 24.2. The summed E-state index contributed by atoms with van der Waals surface area (Å²) in [5, 5.41) is 0.137. The van der Waals surface area contributed by atoms with Crippen molar-refractivity contribution >= 4 is 34.6 Å². The first-order valence-electron chi connectivity index (χ1n) is 10.4. The third-order valence-corrected chi connectivity index (χ3v) is 7.48. The van der Waals surface area contributed by atoms with E-state index in [1.165, 1.54) is 19.1 Å². The first-order chi connectivity index (χ1) is 16.2. The maximum absolute atomic E-state index is 15.0. The summed E-state index contributed by atoms with van der Waals surface area (Å²) in [6.07, 6.45) is -1.68. The van der Waals surface area contributed by atoms with Gasteiger partial charge in [-0.25, -0.2) is 18.7 Å². The van der Waals surface area contributed by atoms with Gasteiger partial charge in [0.15, 0.2) is 17.6 Å². The molecule has 0 fully saturated rings. The number of rotatable bonds is 6. The van der Waals surface area contributed by atoms with Crippen molar-refractivity contribution in [1.82, 2.24) is 9.97 Å². The normalized spacial score (nSPS) is 25.2. The Hall–Kier alpha value is -3.02. The number of amidine groups is 1. The minimum absolute atomic E-state index is 0.129. The highest BCUT2D eigenvalue weighted by Gasteiger charge is 2.52. The van der Waals surface area contributed by atoms with Crippen molar-refractivity contribution in [3.63, 3.8) is 0 Å². The topological polar surface area (TPSA) is 90.5 Å². The molecule has 0 spiro atoms. The van der Waals surface area contributed by atoms with Crippen LogP contribution in [0.3, 0.4) is 0 Å². The summed E-state index contributed by atoms with van der Waals surface area (Å²) in [7, 11) is 0. The van der Waals surface area contributed by atoms with Gasteiger partial charge in [0.2, 0.25) is 5.88 Å². The molecule has 188 valence electrons. The lowest BCUT2D eigenvalue weighted by atomic mass is 9.72. The van der Waals surface area contributed by atoms with Crippen LogP contribution in [0.5, 0.6) is 5.88 Å². The van der Waals surface area contributed by atoms with Gasteiger partial charge in [-0.3, -0.25) is 9.79 Å². The van der Waals surface area contributed by atoms with Gasteiger partial charge in [-0.2, -0.15) is 13.2 Å². The number of carbonyl (C=O) groups is 1. The van der Waals surface area contributed by atoms with Crippen LogP contribution < -0.4 is 10.5 Å². The summed E-state index contributed by atoms with van der Waals surface area (Å²) in [6, 6.07) is 3.91. The number of aromatic nitrogens is 2. The molecule has 0 saturated heterocycles. The summed E-state index contributed by atoms with van der Waals surface area (Å²) < 4.78 is 70.0. The number of aliphatic imine (C=N–C) groups is 1. The van der Waals surface area contributed by atoms with Crippen LogP contribution >= 0.6 is 11.8 Å². The van der Waals surface area contributed by atoms with E-state index >= 15 is 0 Å². The Morgan fingerprint density at radius 1 is 1.26 bits per heavy atom. The zero-order valence-corrected chi connectivity index (χ0v) is 20.1. The average molecular weight is 515 g/mol. The summed E-state index contributed by atoms with van der Waals surface area (Å²) in [5.74, 6) is -2.46. The SMILES string of the molecule is CC(=O)[C@@]1(C)SC(N)=N[C@](C)(c2cc(/C=C(\F)c3cnc(OCC(F)(F)F)cn3)ccc2F)[C@@H]1C. The third-order valence-electron chi connectivity index (χ3n) is 6.11. The number of nitrogens with two attached hydrogens (primary N) is 1. The third kappa shape index (κ3) is 5.63. The number of thioether (sulfide) groups is 1. The number of alkyl halides is 3. The number of benzene rings is 1. The molecule has 35 heavy (non-hydrogen) atoms. The van der Waals surface area contributed by atoms with Gasteiger partial charge < -0.3 is 10.5 Å². The smallest absolute Gasteiger partial charge is 0.422 e. The van der Waals surface area contributed by atoms with E-state index in [9.17, 15) is 26.7 Å². The van der Waals surface area contributed by atoms with E-state index in [1.807, 2.05) is 0 Å². The minimum atomic E-state index is -4.55. The predicted molar refractivity (Wildman–Crippen MR) is 124 cm³/mol. The van der Waals surface area contributed by atoms with E-state index in [0.717, 1.165) is 36.3 Å². The van der Waals surface area contributed by atoms with E-state index in [4.69, 9.17) is 5.73 Å². The Labute approximate surface area is 202 Å². The van der Waals surface area contributed by atoms with Crippen molar-refractivity contribution in [3.8, 4) is 5.88 Å². The van der Waals surface area contributed by atoms with Crippen LogP contribution in [0.15, 0.2) is 35.6 Å². The molecule has 2 heterocycles. The van der Waals surface area contributed by atoms with E-state index in [-0.39, 0.29) is 27.8 Å². The van der Waals surface area contributed by atoms with Gasteiger partial charge in [0, 0.05) is 11.5 Å². The molecule has 1 aromatic carbocycles. The maximum Gasteiger partial charge on any atom is 0.422 e. The van der Waals surface area contributed by atoms with E-state index in [2.05, 4.69) is 19.7 Å². The Morgan fingerprint density at radius 2 is 1.94 bits per heavy atom. The van der Waals surface area contributed by atoms with Crippen molar-refractivity contribution in [2.75, 3.05) is 6.61 Å². The van der Waals surface area contributed by atoms with Crippen LogP contribution in [-0.4, -0.2) is 38.4 Å². The number of halogens is 5. The Morgan fingerprint density at radius 3 is 2.51 bits per heavy atom. The van der Waals surface area contributed by atoms with Crippen LogP contribution in [0.2, 0.25) is 0 Å². The first kappa shape index (κ1) is 26.6. The highest BCUT2D eigenvalue weighted by atomic mass is 32.2. The first-order valence-corrected chi connectivity index (χ1v) is 11.2. The van der Waals surface area contributed by atoms with Crippen molar-refractivity contribution < 1.29 is 31.5 Å². The molecule has 0 aliphatic carbocycles. The monoisotopic (exact) mass is 514 g/mol. The van der Waals surface area contributed by atoms with Crippen LogP contribution in [0.4, 0.5) is 22.0 Å². The van der Waals surface area contributed by atoms with Crippen molar-refractivity contribution in [2.24, 2.45) is 16.6 Å². The number of hydrogen-bond acceptors (Lipinski definition) is 7. The molecular formula is C23H23F5N4O2S. The molecular weight excluding hydrogens is 491 g/mol. The predicted octanol–water partition coefficient (Wildman–Crippen LogP) is 5.28. The Balaban J connectivity index is 1.93. The molecule has 0 amide bonds. The van der Waals surface area contributed by atoms with Crippen LogP contribution in [0.25, 0.3) is 11.9 Å². The van der Waals surface area contributed by atoms with E-state index in [0.29, 0.717) is 0 Å². The fourth-order valence-corrected chi connectivity index (χ4v) is 4.99. The fraction of sp³-hybridized carbons (Fsp3) is 0.391. The molecule has 1 aliphatic rings. The molecule has 3 atom stereocenters. The largest absolute Gasteiger partial charge is 0.467 e. The second kappa shape index (κ2) is 9.56. The Kier molecular flexibility index (Phi) is 7.26. The highest BCUT2D eigenvalue weighted by molar-refractivity contribution is 8.15. The van der Waals surface area contributed by atoms with Crippen molar-refractivity contribution in [1.29, 1.82) is 0 Å². The van der Waals surface area contributed by atoms with Crippen LogP contribution in [-0.2, 0) is 10.3 Å². The summed E-state index contributed by atoms with van der Waals surface area (Å²) in [6.45, 7) is 5.06. The number of Topliss-reactive ketones (excluding diaryl/α,β-unsaturated/α-hetero) is 1. The van der Waals surface area contributed by atoms with Crippen molar-refractivity contribution in [3.05, 3.63) is 53.2 Å². The second-order valence-corrected chi connectivity index (χ2v) is 9.93. The van der Waals surface area contributed by atoms with Gasteiger partial charge in [-0.15, -0.1) is 0 Å². The summed E-state index contributed by atoms with van der Waals surface area (Å²) in [5.41, 5.74) is 4.93. The van der Waals surface area contributed by atoms with Gasteiger partial charge in [0.1, 0.15) is 17.3 Å².